The molecule has 2 nitrogen and oxygen atoms in total. The summed E-state index contributed by atoms with van der Waals surface area (Å²) in [6, 6.07) is 13.4. The van der Waals surface area contributed by atoms with E-state index < -0.39 is 0 Å². The number of rotatable bonds is 5. The molecule has 0 aliphatic rings. The van der Waals surface area contributed by atoms with Gasteiger partial charge in [0.1, 0.15) is 0 Å². The number of benzene rings is 1. The van der Waals surface area contributed by atoms with Crippen LogP contribution in [0.4, 0.5) is 0 Å². The monoisotopic (exact) mass is 412 g/mol. The molecule has 0 radical (unpaired) electrons. The Morgan fingerprint density at radius 2 is 1.29 bits per heavy atom. The van der Waals surface area contributed by atoms with Crippen LogP contribution in [0.25, 0.3) is 0 Å². The highest BCUT2D eigenvalue weighted by Crippen LogP contribution is 2.62. The minimum absolute atomic E-state index is 0.222. The molecule has 28 heavy (non-hydrogen) atoms. The molecule has 3 rings (SSSR count). The molecule has 150 valence electrons. The Kier molecular flexibility index (Phi) is 5.96. The van der Waals surface area contributed by atoms with E-state index in [0.717, 1.165) is 6.16 Å². The first kappa shape index (κ1) is 21.4. The normalized spacial score (nSPS) is 13.3. The van der Waals surface area contributed by atoms with E-state index in [0.29, 0.717) is 10.3 Å². The van der Waals surface area contributed by atoms with E-state index >= 15 is 0 Å². The molecular formula is C24H34N2P2. The molecule has 0 aliphatic heterocycles. The molecule has 0 spiro atoms. The Balaban J connectivity index is 2.15. The molecule has 4 heteroatoms. The van der Waals surface area contributed by atoms with Gasteiger partial charge in [0.25, 0.3) is 0 Å². The van der Waals surface area contributed by atoms with Gasteiger partial charge in [0, 0.05) is 24.8 Å². The third-order valence-corrected chi connectivity index (χ3v) is 10.4. The standard InChI is InChI=1S/C24H34N2P2/c1-22(2,3)28(23(4,5)6)17-18-9-7-8-10-21(18)24(27,19-11-13-25-15-19)20-12-14-26-16-20/h7-16,25-26H,17,27H2,1-6H3. The summed E-state index contributed by atoms with van der Waals surface area (Å²) < 4.78 is 0. The largest absolute Gasteiger partial charge is 0.367 e. The summed E-state index contributed by atoms with van der Waals surface area (Å²) in [5.74, 6) is 0. The van der Waals surface area contributed by atoms with E-state index in [9.17, 15) is 0 Å². The second-order valence-electron chi connectivity index (χ2n) is 9.59. The van der Waals surface area contributed by atoms with Crippen molar-refractivity contribution in [3.63, 3.8) is 0 Å². The molecule has 0 saturated carbocycles. The first-order valence-corrected chi connectivity index (χ1v) is 12.1. The third-order valence-electron chi connectivity index (χ3n) is 5.50. The summed E-state index contributed by atoms with van der Waals surface area (Å²) >= 11 is 0. The van der Waals surface area contributed by atoms with Crippen molar-refractivity contribution in [3.8, 4) is 0 Å². The van der Waals surface area contributed by atoms with Gasteiger partial charge in [-0.2, -0.15) is 0 Å². The Bertz CT molecular complexity index is 833. The van der Waals surface area contributed by atoms with Gasteiger partial charge in [0.05, 0.1) is 5.16 Å². The molecule has 3 aromatic rings. The predicted octanol–water partition coefficient (Wildman–Crippen LogP) is 7.09. The van der Waals surface area contributed by atoms with Gasteiger partial charge in [0.2, 0.25) is 0 Å². The van der Waals surface area contributed by atoms with E-state index in [1.807, 2.05) is 12.4 Å². The van der Waals surface area contributed by atoms with E-state index in [1.54, 1.807) is 0 Å². The van der Waals surface area contributed by atoms with Crippen LogP contribution in [0.1, 0.15) is 63.8 Å². The van der Waals surface area contributed by atoms with Crippen LogP contribution in [0.2, 0.25) is 0 Å². The maximum Gasteiger partial charge on any atom is 0.0623 e. The van der Waals surface area contributed by atoms with E-state index in [4.69, 9.17) is 0 Å². The minimum atomic E-state index is -0.270. The number of hydrogen-bond acceptors (Lipinski definition) is 0. The maximum absolute atomic E-state index is 3.26. The molecule has 0 fully saturated rings. The lowest BCUT2D eigenvalue weighted by atomic mass is 9.84. The second kappa shape index (κ2) is 7.81. The molecule has 0 amide bonds. The Labute approximate surface area is 173 Å². The first-order chi connectivity index (χ1) is 13.0. The quantitative estimate of drug-likeness (QED) is 0.419. The smallest absolute Gasteiger partial charge is 0.0623 e. The topological polar surface area (TPSA) is 31.6 Å². The van der Waals surface area contributed by atoms with E-state index in [1.165, 1.54) is 22.3 Å². The third kappa shape index (κ3) is 4.14. The SMILES string of the molecule is CC(C)(C)P(Cc1ccccc1C(P)(c1cc[nH]c1)c1cc[nH]c1)C(C)(C)C. The van der Waals surface area contributed by atoms with Crippen LogP contribution < -0.4 is 0 Å². The highest BCUT2D eigenvalue weighted by atomic mass is 31.1. The van der Waals surface area contributed by atoms with Crippen molar-refractivity contribution in [1.29, 1.82) is 0 Å². The van der Waals surface area contributed by atoms with Crippen LogP contribution in [0.5, 0.6) is 0 Å². The fraction of sp³-hybridized carbons (Fsp3) is 0.417. The summed E-state index contributed by atoms with van der Waals surface area (Å²) in [6.07, 6.45) is 9.39. The summed E-state index contributed by atoms with van der Waals surface area (Å²) in [4.78, 5) is 6.51. The molecule has 0 bridgehead atoms. The zero-order valence-electron chi connectivity index (χ0n) is 18.0. The van der Waals surface area contributed by atoms with Crippen LogP contribution in [0, 0.1) is 0 Å². The van der Waals surface area contributed by atoms with Crippen molar-refractivity contribution >= 4 is 17.2 Å². The van der Waals surface area contributed by atoms with Crippen molar-refractivity contribution in [2.45, 2.75) is 63.2 Å². The molecule has 1 atom stereocenters. The van der Waals surface area contributed by atoms with Crippen molar-refractivity contribution in [3.05, 3.63) is 83.4 Å². The van der Waals surface area contributed by atoms with Gasteiger partial charge in [-0.05, 0) is 50.9 Å². The van der Waals surface area contributed by atoms with Gasteiger partial charge in [-0.15, -0.1) is 9.24 Å². The van der Waals surface area contributed by atoms with Crippen LogP contribution >= 0.6 is 17.2 Å². The highest BCUT2D eigenvalue weighted by Gasteiger charge is 2.38. The Hall–Kier alpha value is -1.36. The van der Waals surface area contributed by atoms with Gasteiger partial charge < -0.3 is 9.97 Å². The van der Waals surface area contributed by atoms with Gasteiger partial charge in [-0.25, -0.2) is 0 Å². The van der Waals surface area contributed by atoms with Crippen molar-refractivity contribution < 1.29 is 0 Å². The molecule has 2 aromatic heterocycles. The average Bonchev–Trinajstić information content (AvgIpc) is 3.30. The zero-order chi connectivity index (χ0) is 20.6. The lowest BCUT2D eigenvalue weighted by Gasteiger charge is -2.43. The molecule has 0 aliphatic carbocycles. The molecular weight excluding hydrogens is 378 g/mol. The summed E-state index contributed by atoms with van der Waals surface area (Å²) in [5.41, 5.74) is 5.36. The van der Waals surface area contributed by atoms with Gasteiger partial charge in [0.15, 0.2) is 0 Å². The number of aromatic nitrogens is 2. The summed E-state index contributed by atoms with van der Waals surface area (Å²) in [5, 5.41) is 0.326. The first-order valence-electron chi connectivity index (χ1n) is 9.96. The molecule has 2 heterocycles. The minimum Gasteiger partial charge on any atom is -0.367 e. The molecule has 1 aromatic carbocycles. The fourth-order valence-electron chi connectivity index (χ4n) is 4.31. The highest BCUT2D eigenvalue weighted by molar-refractivity contribution is 7.60. The number of aromatic amines is 2. The fourth-order valence-corrected chi connectivity index (χ4v) is 8.53. The Morgan fingerprint density at radius 1 is 0.786 bits per heavy atom. The predicted molar refractivity (Wildman–Crippen MR) is 128 cm³/mol. The number of hydrogen-bond donors (Lipinski definition) is 2. The lowest BCUT2D eigenvalue weighted by Crippen LogP contribution is -2.27. The van der Waals surface area contributed by atoms with E-state index in [-0.39, 0.29) is 13.1 Å². The second-order valence-corrected chi connectivity index (χ2v) is 14.3. The average molecular weight is 412 g/mol. The van der Waals surface area contributed by atoms with Gasteiger partial charge in [-0.3, -0.25) is 0 Å². The van der Waals surface area contributed by atoms with Crippen molar-refractivity contribution in [2.24, 2.45) is 0 Å². The van der Waals surface area contributed by atoms with Gasteiger partial charge >= 0.3 is 0 Å². The summed E-state index contributed by atoms with van der Waals surface area (Å²) in [7, 11) is 2.94. The maximum atomic E-state index is 3.26. The van der Waals surface area contributed by atoms with Crippen LogP contribution in [-0.2, 0) is 11.3 Å². The summed E-state index contributed by atoms with van der Waals surface area (Å²) in [6.45, 7) is 14.4. The van der Waals surface area contributed by atoms with E-state index in [2.05, 4.69) is 110 Å². The van der Waals surface area contributed by atoms with Crippen molar-refractivity contribution in [1.82, 2.24) is 9.97 Å². The van der Waals surface area contributed by atoms with Crippen LogP contribution in [0.15, 0.2) is 61.2 Å². The van der Waals surface area contributed by atoms with Crippen LogP contribution in [0.3, 0.4) is 0 Å². The number of H-pyrrole nitrogens is 2. The van der Waals surface area contributed by atoms with Crippen LogP contribution in [-0.4, -0.2) is 20.3 Å². The molecule has 2 N–H and O–H groups in total. The zero-order valence-corrected chi connectivity index (χ0v) is 20.1. The molecule has 0 saturated heterocycles. The number of nitrogens with one attached hydrogen (secondary N) is 2. The molecule has 1 unspecified atom stereocenters. The Morgan fingerprint density at radius 3 is 1.71 bits per heavy atom. The van der Waals surface area contributed by atoms with Crippen molar-refractivity contribution in [2.75, 3.05) is 0 Å². The lowest BCUT2D eigenvalue weighted by molar-refractivity contribution is 0.702. The van der Waals surface area contributed by atoms with Gasteiger partial charge in [-0.1, -0.05) is 73.7 Å².